The minimum absolute atomic E-state index is 0. The van der Waals surface area contributed by atoms with Gasteiger partial charge in [0.15, 0.2) is 0 Å². The van der Waals surface area contributed by atoms with E-state index in [9.17, 15) is 0 Å². The van der Waals surface area contributed by atoms with Gasteiger partial charge in [-0.2, -0.15) is 0 Å². The molecule has 0 aliphatic heterocycles. The molecule has 0 aliphatic carbocycles. The van der Waals surface area contributed by atoms with Crippen LogP contribution in [0.25, 0.3) is 0 Å². The van der Waals surface area contributed by atoms with Gasteiger partial charge in [0, 0.05) is 28.4 Å². The van der Waals surface area contributed by atoms with Crippen molar-refractivity contribution in [3.05, 3.63) is 0 Å². The molecule has 0 aliphatic rings. The van der Waals surface area contributed by atoms with Crippen LogP contribution in [-0.2, 0) is 4.74 Å². The van der Waals surface area contributed by atoms with Gasteiger partial charge in [0.25, 0.3) is 0 Å². The van der Waals surface area contributed by atoms with Gasteiger partial charge in [0.2, 0.25) is 0 Å². The molecule has 0 saturated heterocycles. The summed E-state index contributed by atoms with van der Waals surface area (Å²) in [6.07, 6.45) is 0. The topological polar surface area (TPSA) is 81.2 Å². The van der Waals surface area contributed by atoms with Crippen LogP contribution in [-0.4, -0.2) is 44.1 Å². The van der Waals surface area contributed by atoms with Gasteiger partial charge in [-0.15, -0.1) is 0 Å². The number of methoxy groups -OCH3 is 1. The summed E-state index contributed by atoms with van der Waals surface area (Å²) in [5.74, 6) is 0. The maximum atomic E-state index is 7.00. The number of ether oxygens (including phenoxy) is 1. The zero-order chi connectivity index (χ0) is 6.71. The SMILES string of the molecule is C.C.C.C.CO.CO.COC.O. The zero-order valence-corrected chi connectivity index (χ0v) is 5.80. The van der Waals surface area contributed by atoms with E-state index in [4.69, 9.17) is 10.2 Å². The molecule has 0 aromatic rings. The predicted octanol–water partition coefficient (Wildman–Crippen LogP) is 1.20. The number of aliphatic hydroxyl groups is 2. The Morgan fingerprint density at radius 1 is 0.667 bits per heavy atom. The summed E-state index contributed by atoms with van der Waals surface area (Å²) in [6.45, 7) is 0. The molecule has 0 radical (unpaired) electrons. The molecule has 0 rings (SSSR count). The average Bonchev–Trinajstić information content (AvgIpc) is 1.78. The van der Waals surface area contributed by atoms with Gasteiger partial charge in [-0.25, -0.2) is 0 Å². The molecule has 12 heavy (non-hydrogen) atoms. The first kappa shape index (κ1) is 94.4. The second-order valence-electron chi connectivity index (χ2n) is 0.408. The fourth-order valence-electron chi connectivity index (χ4n) is 0. The maximum absolute atomic E-state index is 7.00. The summed E-state index contributed by atoms with van der Waals surface area (Å²) in [5, 5.41) is 14.0. The van der Waals surface area contributed by atoms with E-state index in [0.717, 1.165) is 14.2 Å². The van der Waals surface area contributed by atoms with E-state index >= 15 is 0 Å². The largest absolute Gasteiger partial charge is 0.412 e. The molecule has 0 heterocycles. The molecule has 4 nitrogen and oxygen atoms in total. The van der Waals surface area contributed by atoms with Crippen molar-refractivity contribution in [2.45, 2.75) is 29.7 Å². The summed E-state index contributed by atoms with van der Waals surface area (Å²) in [7, 11) is 5.25. The smallest absolute Gasteiger partial charge is 0.0351 e. The fraction of sp³-hybridized carbons (Fsp3) is 1.00. The quantitative estimate of drug-likeness (QED) is 0.605. The van der Waals surface area contributed by atoms with Crippen molar-refractivity contribution in [2.24, 2.45) is 0 Å². The second-order valence-corrected chi connectivity index (χ2v) is 0.408. The van der Waals surface area contributed by atoms with Gasteiger partial charge in [-0.1, -0.05) is 29.7 Å². The molecule has 0 aromatic heterocycles. The molecule has 0 atom stereocenters. The molecule has 0 saturated carbocycles. The molecule has 4 N–H and O–H groups in total. The van der Waals surface area contributed by atoms with Crippen molar-refractivity contribution in [3.8, 4) is 0 Å². The summed E-state index contributed by atoms with van der Waals surface area (Å²) in [4.78, 5) is 0. The van der Waals surface area contributed by atoms with E-state index in [-0.39, 0.29) is 35.2 Å². The van der Waals surface area contributed by atoms with Gasteiger partial charge in [0.05, 0.1) is 0 Å². The van der Waals surface area contributed by atoms with Crippen LogP contribution < -0.4 is 0 Å². The van der Waals surface area contributed by atoms with Gasteiger partial charge in [0.1, 0.15) is 0 Å². The lowest BCUT2D eigenvalue weighted by molar-refractivity contribution is 0.277. The molecule has 4 heteroatoms. The summed E-state index contributed by atoms with van der Waals surface area (Å²) in [5.41, 5.74) is 0. The number of rotatable bonds is 0. The molecule has 0 unspecified atom stereocenters. The third kappa shape index (κ3) is 30000. The van der Waals surface area contributed by atoms with Crippen molar-refractivity contribution in [1.82, 2.24) is 0 Å². The van der Waals surface area contributed by atoms with Crippen LogP contribution in [0.2, 0.25) is 0 Å². The minimum Gasteiger partial charge on any atom is -0.412 e. The Hall–Kier alpha value is -0.160. The van der Waals surface area contributed by atoms with Crippen LogP contribution in [0.1, 0.15) is 29.7 Å². The van der Waals surface area contributed by atoms with Crippen molar-refractivity contribution in [3.63, 3.8) is 0 Å². The van der Waals surface area contributed by atoms with Crippen LogP contribution in [0, 0.1) is 0 Å². The molecule has 0 aromatic carbocycles. The Bertz CT molecular complexity index is 11.0. The Balaban J connectivity index is -0.00000000281. The summed E-state index contributed by atoms with van der Waals surface area (Å²) < 4.78 is 4.25. The van der Waals surface area contributed by atoms with E-state index in [1.54, 1.807) is 14.2 Å². The molecule has 0 amide bonds. The van der Waals surface area contributed by atoms with E-state index in [2.05, 4.69) is 4.74 Å². The monoisotopic (exact) mass is 192 g/mol. The normalized spacial score (nSPS) is 2.50. The Morgan fingerprint density at radius 2 is 0.667 bits per heavy atom. The van der Waals surface area contributed by atoms with E-state index in [0.29, 0.717) is 0 Å². The maximum Gasteiger partial charge on any atom is 0.0351 e. The highest BCUT2D eigenvalue weighted by Gasteiger charge is 1.25. The lowest BCUT2D eigenvalue weighted by Crippen LogP contribution is -1.55. The third-order valence-corrected chi connectivity index (χ3v) is 0. The van der Waals surface area contributed by atoms with Crippen LogP contribution in [0.4, 0.5) is 0 Å². The van der Waals surface area contributed by atoms with Crippen LogP contribution in [0.3, 0.4) is 0 Å². The molecule has 0 bridgehead atoms. The first-order valence-electron chi connectivity index (χ1n) is 1.71. The van der Waals surface area contributed by atoms with E-state index < -0.39 is 0 Å². The molecule has 0 fully saturated rings. The molecular weight excluding hydrogens is 160 g/mol. The first-order chi connectivity index (χ1) is 3.41. The molecule has 0 spiro atoms. The summed E-state index contributed by atoms with van der Waals surface area (Å²) in [6, 6.07) is 0. The van der Waals surface area contributed by atoms with Crippen molar-refractivity contribution >= 4 is 0 Å². The number of hydrogen-bond donors (Lipinski definition) is 2. The van der Waals surface area contributed by atoms with Gasteiger partial charge < -0.3 is 20.4 Å². The van der Waals surface area contributed by atoms with Crippen LogP contribution in [0.15, 0.2) is 0 Å². The second kappa shape index (κ2) is 1490. The lowest BCUT2D eigenvalue weighted by Gasteiger charge is -1.61. The van der Waals surface area contributed by atoms with Crippen molar-refractivity contribution < 1.29 is 20.4 Å². The Labute approximate surface area is 79.5 Å². The highest BCUT2D eigenvalue weighted by molar-refractivity contribution is 3.56. The number of hydrogen-bond acceptors (Lipinski definition) is 3. The van der Waals surface area contributed by atoms with E-state index in [1.807, 2.05) is 0 Å². The van der Waals surface area contributed by atoms with Crippen molar-refractivity contribution in [1.29, 1.82) is 0 Å². The Morgan fingerprint density at radius 3 is 0.667 bits per heavy atom. The highest BCUT2D eigenvalue weighted by Crippen LogP contribution is 1.28. The average molecular weight is 192 g/mol. The van der Waals surface area contributed by atoms with Crippen LogP contribution in [0.5, 0.6) is 0 Å². The van der Waals surface area contributed by atoms with Crippen LogP contribution >= 0.6 is 0 Å². The van der Waals surface area contributed by atoms with Gasteiger partial charge in [-0.3, -0.25) is 0 Å². The zero-order valence-electron chi connectivity index (χ0n) is 5.80. The fourth-order valence-corrected chi connectivity index (χ4v) is 0. The van der Waals surface area contributed by atoms with Crippen molar-refractivity contribution in [2.75, 3.05) is 28.4 Å². The first-order valence-corrected chi connectivity index (χ1v) is 1.71. The number of aliphatic hydroxyl groups excluding tert-OH is 2. The lowest BCUT2D eigenvalue weighted by atomic mass is 11.6. The standard InChI is InChI=1S/C2H6O.2CH4O.4CH4.H2O/c1-3-2;2*1-2;;;;;/h1-2H3;2*2H,1H3;4*1H4;1H2. The summed E-state index contributed by atoms with van der Waals surface area (Å²) >= 11 is 0. The van der Waals surface area contributed by atoms with Gasteiger partial charge >= 0.3 is 0 Å². The predicted molar refractivity (Wildman–Crippen MR) is 59.8 cm³/mol. The van der Waals surface area contributed by atoms with E-state index in [1.165, 1.54) is 0 Å². The minimum atomic E-state index is 0. The molecule has 88 valence electrons. The third-order valence-electron chi connectivity index (χ3n) is 0. The molecular formula is C8H32O4. The Kier molecular flexibility index (Phi) is 11700. The highest BCUT2D eigenvalue weighted by atomic mass is 16.4. The van der Waals surface area contributed by atoms with Gasteiger partial charge in [-0.05, 0) is 0 Å².